The molecule has 0 aliphatic heterocycles. The molecule has 1 aromatic carbocycles. The molecule has 114 valence electrons. The maximum absolute atomic E-state index is 13.1. The molecule has 6 heteroatoms. The third-order valence-electron chi connectivity index (χ3n) is 2.93. The molecule has 0 saturated heterocycles. The molecule has 0 saturated carbocycles. The summed E-state index contributed by atoms with van der Waals surface area (Å²) in [6.45, 7) is 6.40. The topological polar surface area (TPSA) is 37.8 Å². The molecule has 2 rings (SSSR count). The number of hydrogen-bond donors (Lipinski definition) is 1. The predicted octanol–water partition coefficient (Wildman–Crippen LogP) is 4.18. The molecule has 1 N–H and O–H groups in total. The van der Waals surface area contributed by atoms with Crippen LogP contribution in [0, 0.1) is 11.7 Å². The van der Waals surface area contributed by atoms with E-state index in [1.165, 1.54) is 17.4 Å². The highest BCUT2D eigenvalue weighted by molar-refractivity contribution is 7.14. The second kappa shape index (κ2) is 7.82. The fourth-order valence-electron chi connectivity index (χ4n) is 1.86. The van der Waals surface area contributed by atoms with Gasteiger partial charge in [0.15, 0.2) is 0 Å². The number of aromatic nitrogens is 2. The molecule has 3 nitrogen and oxygen atoms in total. The molecule has 0 radical (unpaired) electrons. The van der Waals surface area contributed by atoms with Crippen LogP contribution in [0.25, 0.3) is 10.6 Å². The standard InChI is InChI=1S/C15H19ClFN3S/c1-10(2)9-18-7-3-4-14-19-20-15(21-14)11-5-6-13(17)12(16)8-11/h5-6,8,10,18H,3-4,7,9H2,1-2H3. The van der Waals surface area contributed by atoms with Crippen LogP contribution in [0.15, 0.2) is 18.2 Å². The van der Waals surface area contributed by atoms with E-state index in [4.69, 9.17) is 11.6 Å². The number of rotatable bonds is 7. The monoisotopic (exact) mass is 327 g/mol. The Kier molecular flexibility index (Phi) is 6.08. The number of benzene rings is 1. The van der Waals surface area contributed by atoms with Gasteiger partial charge in [0.05, 0.1) is 5.02 Å². The summed E-state index contributed by atoms with van der Waals surface area (Å²) in [4.78, 5) is 0. The minimum atomic E-state index is -0.415. The van der Waals surface area contributed by atoms with Crippen molar-refractivity contribution >= 4 is 22.9 Å². The highest BCUT2D eigenvalue weighted by atomic mass is 35.5. The van der Waals surface area contributed by atoms with E-state index in [-0.39, 0.29) is 5.02 Å². The lowest BCUT2D eigenvalue weighted by Gasteiger charge is -2.05. The van der Waals surface area contributed by atoms with E-state index in [0.29, 0.717) is 5.92 Å². The molecule has 0 unspecified atom stereocenters. The second-order valence-electron chi connectivity index (χ2n) is 5.33. The minimum absolute atomic E-state index is 0.113. The Hall–Kier alpha value is -1.04. The van der Waals surface area contributed by atoms with Gasteiger partial charge < -0.3 is 5.32 Å². The molecule has 21 heavy (non-hydrogen) atoms. The average molecular weight is 328 g/mol. The number of halogens is 2. The van der Waals surface area contributed by atoms with Crippen molar-refractivity contribution in [2.45, 2.75) is 26.7 Å². The zero-order valence-corrected chi connectivity index (χ0v) is 13.8. The summed E-state index contributed by atoms with van der Waals surface area (Å²) in [5.41, 5.74) is 0.808. The van der Waals surface area contributed by atoms with Crippen LogP contribution >= 0.6 is 22.9 Å². The van der Waals surface area contributed by atoms with E-state index in [9.17, 15) is 4.39 Å². The fraction of sp³-hybridized carbons (Fsp3) is 0.467. The number of nitrogens with one attached hydrogen (secondary N) is 1. The van der Waals surface area contributed by atoms with Crippen molar-refractivity contribution in [3.63, 3.8) is 0 Å². The Morgan fingerprint density at radius 2 is 2.14 bits per heavy atom. The summed E-state index contributed by atoms with van der Waals surface area (Å²) >= 11 is 7.32. The fourth-order valence-corrected chi connectivity index (χ4v) is 2.91. The van der Waals surface area contributed by atoms with Gasteiger partial charge in [-0.1, -0.05) is 36.8 Å². The summed E-state index contributed by atoms with van der Waals surface area (Å²) < 4.78 is 13.1. The molecule has 0 aliphatic rings. The minimum Gasteiger partial charge on any atom is -0.316 e. The Morgan fingerprint density at radius 3 is 2.86 bits per heavy atom. The van der Waals surface area contributed by atoms with E-state index in [2.05, 4.69) is 29.4 Å². The van der Waals surface area contributed by atoms with Gasteiger partial charge in [0, 0.05) is 12.0 Å². The van der Waals surface area contributed by atoms with Gasteiger partial charge in [0.2, 0.25) is 0 Å². The lowest BCUT2D eigenvalue weighted by molar-refractivity contribution is 0.542. The molecule has 0 aliphatic carbocycles. The van der Waals surface area contributed by atoms with Crippen LogP contribution in [0.2, 0.25) is 5.02 Å². The SMILES string of the molecule is CC(C)CNCCCc1nnc(-c2ccc(F)c(Cl)c2)s1. The molecule has 1 heterocycles. The van der Waals surface area contributed by atoms with Crippen molar-refractivity contribution in [1.29, 1.82) is 0 Å². The smallest absolute Gasteiger partial charge is 0.147 e. The number of hydrogen-bond acceptors (Lipinski definition) is 4. The summed E-state index contributed by atoms with van der Waals surface area (Å²) in [6, 6.07) is 4.62. The Labute approximate surface area is 133 Å². The van der Waals surface area contributed by atoms with E-state index in [1.54, 1.807) is 12.1 Å². The average Bonchev–Trinajstić information content (AvgIpc) is 2.90. The van der Waals surface area contributed by atoms with Crippen molar-refractivity contribution < 1.29 is 4.39 Å². The Morgan fingerprint density at radius 1 is 1.33 bits per heavy atom. The van der Waals surface area contributed by atoms with E-state index >= 15 is 0 Å². The third kappa shape index (κ3) is 5.02. The van der Waals surface area contributed by atoms with Crippen molar-refractivity contribution in [3.8, 4) is 10.6 Å². The molecule has 2 aromatic rings. The van der Waals surface area contributed by atoms with Crippen LogP contribution < -0.4 is 5.32 Å². The van der Waals surface area contributed by atoms with Gasteiger partial charge in [-0.2, -0.15) is 0 Å². The molecule has 0 amide bonds. The van der Waals surface area contributed by atoms with Gasteiger partial charge in [-0.15, -0.1) is 10.2 Å². The maximum Gasteiger partial charge on any atom is 0.147 e. The molecular weight excluding hydrogens is 309 g/mol. The first-order valence-electron chi connectivity index (χ1n) is 7.05. The highest BCUT2D eigenvalue weighted by Gasteiger charge is 2.09. The van der Waals surface area contributed by atoms with Crippen molar-refractivity contribution in [2.24, 2.45) is 5.92 Å². The maximum atomic E-state index is 13.1. The van der Waals surface area contributed by atoms with Crippen LogP contribution in [0.4, 0.5) is 4.39 Å². The van der Waals surface area contributed by atoms with Crippen LogP contribution in [0.3, 0.4) is 0 Å². The summed E-state index contributed by atoms with van der Waals surface area (Å²) in [5, 5.41) is 13.6. The number of aryl methyl sites for hydroxylation is 1. The summed E-state index contributed by atoms with van der Waals surface area (Å²) in [6.07, 6.45) is 1.93. The Balaban J connectivity index is 1.87. The molecule has 0 fully saturated rings. The summed E-state index contributed by atoms with van der Waals surface area (Å²) in [5.74, 6) is 0.253. The van der Waals surface area contributed by atoms with Gasteiger partial charge in [-0.3, -0.25) is 0 Å². The Bertz CT molecular complexity index is 586. The van der Waals surface area contributed by atoms with Gasteiger partial charge in [-0.05, 0) is 43.6 Å². The lowest BCUT2D eigenvalue weighted by atomic mass is 10.2. The summed E-state index contributed by atoms with van der Waals surface area (Å²) in [7, 11) is 0. The zero-order valence-electron chi connectivity index (χ0n) is 12.2. The lowest BCUT2D eigenvalue weighted by Crippen LogP contribution is -2.21. The highest BCUT2D eigenvalue weighted by Crippen LogP contribution is 2.27. The number of nitrogens with zero attached hydrogens (tertiary/aromatic N) is 2. The van der Waals surface area contributed by atoms with E-state index in [0.717, 1.165) is 41.5 Å². The quantitative estimate of drug-likeness (QED) is 0.775. The van der Waals surface area contributed by atoms with Gasteiger partial charge in [-0.25, -0.2) is 4.39 Å². The van der Waals surface area contributed by atoms with Crippen LogP contribution in [-0.4, -0.2) is 23.3 Å². The molecule has 0 bridgehead atoms. The van der Waals surface area contributed by atoms with Crippen molar-refractivity contribution in [1.82, 2.24) is 15.5 Å². The normalized spacial score (nSPS) is 11.3. The van der Waals surface area contributed by atoms with Crippen LogP contribution in [0.1, 0.15) is 25.3 Å². The molecule has 0 spiro atoms. The largest absolute Gasteiger partial charge is 0.316 e. The van der Waals surface area contributed by atoms with E-state index < -0.39 is 5.82 Å². The first-order chi connectivity index (χ1) is 10.1. The van der Waals surface area contributed by atoms with Gasteiger partial charge in [0.1, 0.15) is 15.8 Å². The van der Waals surface area contributed by atoms with Crippen LogP contribution in [0.5, 0.6) is 0 Å². The molecule has 0 atom stereocenters. The van der Waals surface area contributed by atoms with Gasteiger partial charge in [0.25, 0.3) is 0 Å². The van der Waals surface area contributed by atoms with E-state index in [1.807, 2.05) is 0 Å². The van der Waals surface area contributed by atoms with Crippen molar-refractivity contribution in [2.75, 3.05) is 13.1 Å². The first-order valence-corrected chi connectivity index (χ1v) is 8.24. The van der Waals surface area contributed by atoms with Gasteiger partial charge >= 0.3 is 0 Å². The van der Waals surface area contributed by atoms with Crippen LogP contribution in [-0.2, 0) is 6.42 Å². The predicted molar refractivity (Wildman–Crippen MR) is 86.3 cm³/mol. The third-order valence-corrected chi connectivity index (χ3v) is 4.25. The molecule has 1 aromatic heterocycles. The first kappa shape index (κ1) is 16.3. The van der Waals surface area contributed by atoms with Crippen molar-refractivity contribution in [3.05, 3.63) is 34.0 Å². The molecular formula is C15H19ClFN3S. The zero-order chi connectivity index (χ0) is 15.2. The second-order valence-corrected chi connectivity index (χ2v) is 6.80.